The molecule has 156 valence electrons. The van der Waals surface area contributed by atoms with Crippen LogP contribution in [-0.2, 0) is 4.74 Å². The number of hydrogen-bond acceptors (Lipinski definition) is 5. The summed E-state index contributed by atoms with van der Waals surface area (Å²) in [4.78, 5) is 11.8. The maximum atomic E-state index is 13.4. The lowest BCUT2D eigenvalue weighted by Crippen LogP contribution is -2.43. The minimum Gasteiger partial charge on any atom is -0.469 e. The monoisotopic (exact) mass is 436 g/mol. The van der Waals surface area contributed by atoms with E-state index in [-0.39, 0.29) is 11.9 Å². The van der Waals surface area contributed by atoms with Gasteiger partial charge in [0.05, 0.1) is 24.4 Å². The van der Waals surface area contributed by atoms with Crippen molar-refractivity contribution in [3.63, 3.8) is 0 Å². The van der Waals surface area contributed by atoms with Crippen molar-refractivity contribution in [1.82, 2.24) is 10.4 Å². The maximum absolute atomic E-state index is 13.4. The van der Waals surface area contributed by atoms with Crippen LogP contribution in [0.4, 0.5) is 4.39 Å². The normalized spacial score (nSPS) is 19.5. The Morgan fingerprint density at radius 1 is 1.10 bits per heavy atom. The van der Waals surface area contributed by atoms with Gasteiger partial charge < -0.3 is 14.9 Å². The molecule has 3 aromatic rings. The van der Waals surface area contributed by atoms with Crippen LogP contribution in [0, 0.1) is 5.82 Å². The first-order valence-corrected chi connectivity index (χ1v) is 10.1. The molecule has 0 fully saturated rings. The molecular weight excluding hydrogens is 419 g/mol. The topological polar surface area (TPSA) is 50.8 Å². The molecule has 1 N–H and O–H groups in total. The van der Waals surface area contributed by atoms with Crippen LogP contribution in [0.2, 0.25) is 5.02 Å². The molecule has 2 unspecified atom stereocenters. The number of rotatable bonds is 3. The van der Waals surface area contributed by atoms with E-state index in [4.69, 9.17) is 21.1 Å². The standard InChI is InChI=1S/C24H18ClFN2O3/c1-30-24(29)16-4-2-15(3-5-16)23-28-21(19-12-17(25)8-11-22(19)31-23)13-20(27-28)14-6-9-18(26)10-7-14/h2-13,21,23,27H,1H3. The van der Waals surface area contributed by atoms with Crippen LogP contribution < -0.4 is 10.2 Å². The van der Waals surface area contributed by atoms with Gasteiger partial charge >= 0.3 is 5.97 Å². The van der Waals surface area contributed by atoms with Gasteiger partial charge in [0.25, 0.3) is 0 Å². The predicted octanol–water partition coefficient (Wildman–Crippen LogP) is 5.26. The first-order valence-electron chi connectivity index (χ1n) is 9.70. The van der Waals surface area contributed by atoms with Crippen molar-refractivity contribution in [2.24, 2.45) is 0 Å². The van der Waals surface area contributed by atoms with E-state index in [1.807, 2.05) is 29.3 Å². The molecule has 3 aromatic carbocycles. The van der Waals surface area contributed by atoms with E-state index < -0.39 is 12.2 Å². The lowest BCUT2D eigenvalue weighted by molar-refractivity contribution is -0.0326. The third-order valence-electron chi connectivity index (χ3n) is 5.43. The van der Waals surface area contributed by atoms with Gasteiger partial charge in [0, 0.05) is 16.1 Å². The number of fused-ring (bicyclic) bond motifs is 3. The number of carbonyl (C=O) groups excluding carboxylic acids is 1. The molecule has 0 spiro atoms. The van der Waals surface area contributed by atoms with Gasteiger partial charge in [-0.1, -0.05) is 23.7 Å². The number of carbonyl (C=O) groups is 1. The van der Waals surface area contributed by atoms with Crippen LogP contribution in [-0.4, -0.2) is 18.1 Å². The summed E-state index contributed by atoms with van der Waals surface area (Å²) in [6.07, 6.45) is 1.61. The number of esters is 1. The number of nitrogens with one attached hydrogen (secondary N) is 1. The van der Waals surface area contributed by atoms with Crippen molar-refractivity contribution in [3.8, 4) is 5.75 Å². The highest BCUT2D eigenvalue weighted by atomic mass is 35.5. The third-order valence-corrected chi connectivity index (χ3v) is 5.66. The van der Waals surface area contributed by atoms with Gasteiger partial charge in [-0.15, -0.1) is 0 Å². The quantitative estimate of drug-likeness (QED) is 0.567. The van der Waals surface area contributed by atoms with Crippen LogP contribution in [0.3, 0.4) is 0 Å². The summed E-state index contributed by atoms with van der Waals surface area (Å²) in [6, 6.07) is 18.8. The number of halogens is 2. The highest BCUT2D eigenvalue weighted by molar-refractivity contribution is 6.30. The molecule has 2 aliphatic heterocycles. The van der Waals surface area contributed by atoms with E-state index in [0.29, 0.717) is 10.6 Å². The smallest absolute Gasteiger partial charge is 0.337 e. The van der Waals surface area contributed by atoms with E-state index >= 15 is 0 Å². The number of benzene rings is 3. The third kappa shape index (κ3) is 3.54. The molecule has 5 rings (SSSR count). The first-order chi connectivity index (χ1) is 15.0. The van der Waals surface area contributed by atoms with Crippen LogP contribution in [0.1, 0.15) is 39.3 Å². The van der Waals surface area contributed by atoms with E-state index in [2.05, 4.69) is 11.5 Å². The van der Waals surface area contributed by atoms with Crippen molar-refractivity contribution in [2.75, 3.05) is 7.11 Å². The Labute approximate surface area is 183 Å². The van der Waals surface area contributed by atoms with Crippen molar-refractivity contribution < 1.29 is 18.7 Å². The van der Waals surface area contributed by atoms with Crippen molar-refractivity contribution in [2.45, 2.75) is 12.3 Å². The van der Waals surface area contributed by atoms with Crippen LogP contribution in [0.15, 0.2) is 72.8 Å². The fourth-order valence-electron chi connectivity index (χ4n) is 3.88. The van der Waals surface area contributed by atoms with Gasteiger partial charge in [-0.3, -0.25) is 0 Å². The largest absolute Gasteiger partial charge is 0.469 e. The minimum absolute atomic E-state index is 0.146. The molecule has 7 heteroatoms. The molecule has 5 nitrogen and oxygen atoms in total. The molecule has 0 aromatic heterocycles. The molecule has 0 aliphatic carbocycles. The fourth-order valence-corrected chi connectivity index (χ4v) is 4.06. The van der Waals surface area contributed by atoms with Gasteiger partial charge in [0.15, 0.2) is 6.23 Å². The predicted molar refractivity (Wildman–Crippen MR) is 115 cm³/mol. The number of nitrogens with zero attached hydrogens (tertiary/aromatic N) is 1. The van der Waals surface area contributed by atoms with Gasteiger partial charge in [0.1, 0.15) is 11.6 Å². The Balaban J connectivity index is 1.54. The molecule has 2 atom stereocenters. The molecule has 0 saturated heterocycles. The van der Waals surface area contributed by atoms with E-state index in [9.17, 15) is 9.18 Å². The lowest BCUT2D eigenvalue weighted by atomic mass is 10.0. The van der Waals surface area contributed by atoms with Gasteiger partial charge in [-0.2, -0.15) is 5.01 Å². The van der Waals surface area contributed by atoms with E-state index in [0.717, 1.165) is 28.1 Å². The Kier molecular flexibility index (Phi) is 4.88. The average molecular weight is 437 g/mol. The number of ether oxygens (including phenoxy) is 2. The first kappa shape index (κ1) is 19.6. The molecular formula is C24H18ClFN2O3. The molecule has 2 heterocycles. The second kappa shape index (κ2) is 7.72. The van der Waals surface area contributed by atoms with E-state index in [1.165, 1.54) is 19.2 Å². The second-order valence-electron chi connectivity index (χ2n) is 7.32. The summed E-state index contributed by atoms with van der Waals surface area (Å²) in [5.74, 6) is 0.0451. The number of hydrazine groups is 1. The second-order valence-corrected chi connectivity index (χ2v) is 7.75. The highest BCUT2D eigenvalue weighted by Crippen LogP contribution is 2.46. The Bertz CT molecular complexity index is 1180. The minimum atomic E-state index is -0.459. The van der Waals surface area contributed by atoms with Crippen LogP contribution in [0.5, 0.6) is 5.75 Å². The zero-order valence-corrected chi connectivity index (χ0v) is 17.3. The van der Waals surface area contributed by atoms with Gasteiger partial charge in [0.2, 0.25) is 0 Å². The summed E-state index contributed by atoms with van der Waals surface area (Å²) in [5, 5.41) is 2.59. The zero-order valence-electron chi connectivity index (χ0n) is 16.5. The highest BCUT2D eigenvalue weighted by Gasteiger charge is 2.40. The summed E-state index contributed by atoms with van der Waals surface area (Å²) in [5.41, 5.74) is 7.36. The zero-order chi connectivity index (χ0) is 21.5. The molecule has 0 radical (unpaired) electrons. The van der Waals surface area contributed by atoms with Crippen LogP contribution >= 0.6 is 11.6 Å². The van der Waals surface area contributed by atoms with E-state index in [1.54, 1.807) is 30.3 Å². The number of methoxy groups -OCH3 is 1. The SMILES string of the molecule is COC(=O)c1ccc(C2Oc3ccc(Cl)cc3C3C=C(c4ccc(F)cc4)NN32)cc1. The van der Waals surface area contributed by atoms with Crippen molar-refractivity contribution >= 4 is 23.3 Å². The summed E-state index contributed by atoms with van der Waals surface area (Å²) in [7, 11) is 1.35. The molecule has 0 amide bonds. The summed E-state index contributed by atoms with van der Waals surface area (Å²) in [6.45, 7) is 0. The average Bonchev–Trinajstić information content (AvgIpc) is 3.24. The molecule has 2 aliphatic rings. The maximum Gasteiger partial charge on any atom is 0.337 e. The van der Waals surface area contributed by atoms with Crippen molar-refractivity contribution in [1.29, 1.82) is 0 Å². The van der Waals surface area contributed by atoms with Crippen molar-refractivity contribution in [3.05, 3.63) is 106 Å². The summed E-state index contributed by atoms with van der Waals surface area (Å²) < 4.78 is 24.5. The molecule has 0 saturated carbocycles. The molecule has 0 bridgehead atoms. The fraction of sp³-hybridized carbons (Fsp3) is 0.125. The van der Waals surface area contributed by atoms with Gasteiger partial charge in [-0.25, -0.2) is 9.18 Å². The Hall–Kier alpha value is -3.35. The molecule has 31 heavy (non-hydrogen) atoms. The Morgan fingerprint density at radius 2 is 1.84 bits per heavy atom. The van der Waals surface area contributed by atoms with Crippen LogP contribution in [0.25, 0.3) is 5.70 Å². The summed E-state index contributed by atoms with van der Waals surface area (Å²) >= 11 is 6.25. The Morgan fingerprint density at radius 3 is 2.55 bits per heavy atom. The number of hydrogen-bond donors (Lipinski definition) is 1. The van der Waals surface area contributed by atoms with Gasteiger partial charge in [-0.05, 0) is 66.2 Å². The lowest BCUT2D eigenvalue weighted by Gasteiger charge is -2.39.